The molecule has 0 unspecified atom stereocenters. The Bertz CT molecular complexity index is 936. The SMILES string of the molecule is Cn1cc(CN2Cc3cnc(N4CCOCC4)nc3[C@]3(CCN(CC4CC4)C3)C2)cn1. The third kappa shape index (κ3) is 3.97. The van der Waals surface area contributed by atoms with Crippen LogP contribution in [0.25, 0.3) is 0 Å². The molecule has 3 aliphatic heterocycles. The highest BCUT2D eigenvalue weighted by Crippen LogP contribution is 2.42. The van der Waals surface area contributed by atoms with Crippen LogP contribution in [-0.2, 0) is 30.3 Å². The quantitative estimate of drug-likeness (QED) is 0.721. The standard InChI is InChI=1S/C23H33N7O/c1-27-12-19(10-25-27)14-29-15-20-11-24-22(30-6-8-31-9-7-30)26-21(20)23(17-29)4-5-28(16-23)13-18-2-3-18/h10-12,18H,2-9,13-17H2,1H3/t23-/m0/s1. The number of ether oxygens (including phenoxy) is 1. The van der Waals surface area contributed by atoms with Crippen LogP contribution in [0, 0.1) is 5.92 Å². The molecule has 1 atom stereocenters. The van der Waals surface area contributed by atoms with E-state index in [-0.39, 0.29) is 5.41 Å². The normalized spacial score (nSPS) is 27.2. The van der Waals surface area contributed by atoms with Crippen molar-refractivity contribution >= 4 is 5.95 Å². The van der Waals surface area contributed by atoms with Gasteiger partial charge < -0.3 is 14.5 Å². The van der Waals surface area contributed by atoms with Crippen molar-refractivity contribution in [1.29, 1.82) is 0 Å². The Labute approximate surface area is 184 Å². The third-order valence-corrected chi connectivity index (χ3v) is 7.38. The fraction of sp³-hybridized carbons (Fsp3) is 0.696. The maximum Gasteiger partial charge on any atom is 0.225 e. The van der Waals surface area contributed by atoms with E-state index in [1.54, 1.807) is 0 Å². The lowest BCUT2D eigenvalue weighted by molar-refractivity contribution is 0.121. The minimum atomic E-state index is 0.106. The molecule has 5 heterocycles. The zero-order chi connectivity index (χ0) is 20.8. The fourth-order valence-corrected chi connectivity index (χ4v) is 5.71. The van der Waals surface area contributed by atoms with Crippen LogP contribution in [0.5, 0.6) is 0 Å². The zero-order valence-electron chi connectivity index (χ0n) is 18.5. The predicted octanol–water partition coefficient (Wildman–Crippen LogP) is 1.42. The summed E-state index contributed by atoms with van der Waals surface area (Å²) in [5.41, 5.74) is 4.00. The van der Waals surface area contributed by atoms with Gasteiger partial charge in [0, 0.05) is 81.8 Å². The molecule has 0 N–H and O–H groups in total. The topological polar surface area (TPSA) is 62.6 Å². The van der Waals surface area contributed by atoms with Crippen LogP contribution < -0.4 is 4.90 Å². The molecule has 1 spiro atoms. The average Bonchev–Trinajstić information content (AvgIpc) is 3.38. The number of likely N-dealkylation sites (tertiary alicyclic amines) is 1. The number of anilines is 1. The Morgan fingerprint density at radius 2 is 1.94 bits per heavy atom. The van der Waals surface area contributed by atoms with Crippen molar-refractivity contribution in [3.05, 3.63) is 35.4 Å². The maximum atomic E-state index is 5.54. The summed E-state index contributed by atoms with van der Waals surface area (Å²) in [6.07, 6.45) is 10.2. The van der Waals surface area contributed by atoms with Gasteiger partial charge in [-0.3, -0.25) is 9.58 Å². The van der Waals surface area contributed by atoms with Gasteiger partial charge in [-0.25, -0.2) is 9.97 Å². The molecule has 6 rings (SSSR count). The smallest absolute Gasteiger partial charge is 0.225 e. The number of aromatic nitrogens is 4. The van der Waals surface area contributed by atoms with E-state index in [2.05, 4.69) is 32.2 Å². The molecule has 0 bridgehead atoms. The summed E-state index contributed by atoms with van der Waals surface area (Å²) in [5.74, 6) is 1.82. The van der Waals surface area contributed by atoms with E-state index in [0.717, 1.165) is 64.3 Å². The number of morpholine rings is 1. The second kappa shape index (κ2) is 7.83. The van der Waals surface area contributed by atoms with Crippen molar-refractivity contribution in [3.63, 3.8) is 0 Å². The van der Waals surface area contributed by atoms with Gasteiger partial charge in [0.05, 0.1) is 25.1 Å². The molecule has 166 valence electrons. The molecule has 8 heteroatoms. The molecule has 2 aromatic heterocycles. The average molecular weight is 424 g/mol. The highest BCUT2D eigenvalue weighted by atomic mass is 16.5. The first-order valence-corrected chi connectivity index (χ1v) is 11.8. The van der Waals surface area contributed by atoms with E-state index in [9.17, 15) is 0 Å². The van der Waals surface area contributed by atoms with E-state index >= 15 is 0 Å². The molecular formula is C23H33N7O. The molecule has 2 aromatic rings. The maximum absolute atomic E-state index is 5.54. The largest absolute Gasteiger partial charge is 0.378 e. The second-order valence-corrected chi connectivity index (χ2v) is 10.0. The Morgan fingerprint density at radius 1 is 1.10 bits per heavy atom. The van der Waals surface area contributed by atoms with Crippen molar-refractivity contribution in [1.82, 2.24) is 29.5 Å². The Kier molecular flexibility index (Phi) is 4.96. The lowest BCUT2D eigenvalue weighted by atomic mass is 9.78. The molecule has 31 heavy (non-hydrogen) atoms. The van der Waals surface area contributed by atoms with Crippen LogP contribution in [0.4, 0.5) is 5.95 Å². The zero-order valence-corrected chi connectivity index (χ0v) is 18.5. The Hall–Kier alpha value is -2.03. The first kappa shape index (κ1) is 19.6. The van der Waals surface area contributed by atoms with Crippen LogP contribution in [0.15, 0.2) is 18.6 Å². The highest BCUT2D eigenvalue weighted by molar-refractivity contribution is 5.39. The number of hydrogen-bond acceptors (Lipinski definition) is 7. The van der Waals surface area contributed by atoms with Crippen molar-refractivity contribution < 1.29 is 4.74 Å². The van der Waals surface area contributed by atoms with Crippen LogP contribution in [0.1, 0.15) is 36.1 Å². The van der Waals surface area contributed by atoms with Gasteiger partial charge in [-0.15, -0.1) is 0 Å². The summed E-state index contributed by atoms with van der Waals surface area (Å²) in [7, 11) is 1.99. The van der Waals surface area contributed by atoms with Gasteiger partial charge in [-0.05, 0) is 31.7 Å². The van der Waals surface area contributed by atoms with Gasteiger partial charge >= 0.3 is 0 Å². The van der Waals surface area contributed by atoms with Crippen molar-refractivity contribution in [2.45, 2.75) is 37.8 Å². The summed E-state index contributed by atoms with van der Waals surface area (Å²) in [5, 5.41) is 4.37. The van der Waals surface area contributed by atoms with Gasteiger partial charge in [0.25, 0.3) is 0 Å². The van der Waals surface area contributed by atoms with E-state index in [1.807, 2.05) is 17.9 Å². The molecule has 8 nitrogen and oxygen atoms in total. The minimum absolute atomic E-state index is 0.106. The van der Waals surface area contributed by atoms with Gasteiger partial charge in [0.1, 0.15) is 0 Å². The van der Waals surface area contributed by atoms with Crippen molar-refractivity contribution in [3.8, 4) is 0 Å². The molecule has 0 radical (unpaired) electrons. The van der Waals surface area contributed by atoms with Crippen LogP contribution in [-0.4, -0.2) is 82.0 Å². The summed E-state index contributed by atoms with van der Waals surface area (Å²) >= 11 is 0. The van der Waals surface area contributed by atoms with E-state index in [0.29, 0.717) is 0 Å². The second-order valence-electron chi connectivity index (χ2n) is 10.0. The van der Waals surface area contributed by atoms with Crippen LogP contribution in [0.3, 0.4) is 0 Å². The Balaban J connectivity index is 1.30. The monoisotopic (exact) mass is 423 g/mol. The van der Waals surface area contributed by atoms with Gasteiger partial charge in [-0.1, -0.05) is 0 Å². The van der Waals surface area contributed by atoms with Crippen molar-refractivity contribution in [2.75, 3.05) is 57.4 Å². The fourth-order valence-electron chi connectivity index (χ4n) is 5.71. The van der Waals surface area contributed by atoms with Crippen LogP contribution in [0.2, 0.25) is 0 Å². The van der Waals surface area contributed by atoms with E-state index < -0.39 is 0 Å². The first-order chi connectivity index (χ1) is 15.2. The highest BCUT2D eigenvalue weighted by Gasteiger charge is 2.47. The lowest BCUT2D eigenvalue weighted by Crippen LogP contribution is -2.48. The van der Waals surface area contributed by atoms with E-state index in [1.165, 1.54) is 49.2 Å². The predicted molar refractivity (Wildman–Crippen MR) is 118 cm³/mol. The summed E-state index contributed by atoms with van der Waals surface area (Å²) in [6.45, 7) is 9.78. The molecule has 1 aliphatic carbocycles. The van der Waals surface area contributed by atoms with Crippen molar-refractivity contribution in [2.24, 2.45) is 13.0 Å². The lowest BCUT2D eigenvalue weighted by Gasteiger charge is -2.41. The third-order valence-electron chi connectivity index (χ3n) is 7.38. The summed E-state index contributed by atoms with van der Waals surface area (Å²) in [6, 6.07) is 0. The number of nitrogens with zero attached hydrogens (tertiary/aromatic N) is 7. The number of hydrogen-bond donors (Lipinski definition) is 0. The van der Waals surface area contributed by atoms with E-state index in [4.69, 9.17) is 14.7 Å². The Morgan fingerprint density at radius 3 is 2.71 bits per heavy atom. The molecule has 0 amide bonds. The summed E-state index contributed by atoms with van der Waals surface area (Å²) in [4.78, 5) is 17.6. The molecule has 4 aliphatic rings. The summed E-state index contributed by atoms with van der Waals surface area (Å²) < 4.78 is 7.44. The first-order valence-electron chi connectivity index (χ1n) is 11.8. The molecule has 2 saturated heterocycles. The number of aryl methyl sites for hydroxylation is 1. The molecule has 3 fully saturated rings. The molecular weight excluding hydrogens is 390 g/mol. The van der Waals surface area contributed by atoms with Gasteiger partial charge in [0.15, 0.2) is 0 Å². The number of rotatable bonds is 5. The molecule has 0 aromatic carbocycles. The molecule has 1 saturated carbocycles. The van der Waals surface area contributed by atoms with Gasteiger partial charge in [-0.2, -0.15) is 5.10 Å². The van der Waals surface area contributed by atoms with Crippen LogP contribution >= 0.6 is 0 Å². The van der Waals surface area contributed by atoms with Gasteiger partial charge in [0.2, 0.25) is 5.95 Å². The number of fused-ring (bicyclic) bond motifs is 2. The minimum Gasteiger partial charge on any atom is -0.378 e.